The number of fused-ring (bicyclic) bond motifs is 1. The first-order chi connectivity index (χ1) is 15.8. The van der Waals surface area contributed by atoms with Crippen molar-refractivity contribution in [3.8, 4) is 0 Å². The van der Waals surface area contributed by atoms with Gasteiger partial charge < -0.3 is 20.1 Å². The van der Waals surface area contributed by atoms with E-state index < -0.39 is 47.4 Å². The van der Waals surface area contributed by atoms with Crippen molar-refractivity contribution in [2.75, 3.05) is 26.0 Å². The summed E-state index contributed by atoms with van der Waals surface area (Å²) in [7, 11) is 2.80. The number of nitrogens with two attached hydrogens (primary N) is 1. The molecule has 0 radical (unpaired) electrons. The molecule has 2 heterocycles. The van der Waals surface area contributed by atoms with Crippen molar-refractivity contribution < 1.29 is 35.9 Å². The summed E-state index contributed by atoms with van der Waals surface area (Å²) >= 11 is 0. The molecule has 3 amide bonds. The van der Waals surface area contributed by atoms with Gasteiger partial charge in [0.2, 0.25) is 11.7 Å². The highest BCUT2D eigenvalue weighted by Crippen LogP contribution is 2.34. The van der Waals surface area contributed by atoms with Gasteiger partial charge in [0, 0.05) is 45.7 Å². The van der Waals surface area contributed by atoms with Gasteiger partial charge in [-0.15, -0.1) is 12.4 Å². The molecule has 1 aliphatic heterocycles. The highest BCUT2D eigenvalue weighted by atomic mass is 35.5. The summed E-state index contributed by atoms with van der Waals surface area (Å²) in [5.74, 6) is -5.69. The molecule has 8 nitrogen and oxygen atoms in total. The van der Waals surface area contributed by atoms with Gasteiger partial charge in [-0.3, -0.25) is 10.1 Å². The Kier molecular flexibility index (Phi) is 8.65. The lowest BCUT2D eigenvalue weighted by molar-refractivity contribution is -0.148. The number of nitrogens with one attached hydrogen (secondary N) is 1. The molecule has 194 valence electrons. The summed E-state index contributed by atoms with van der Waals surface area (Å²) in [4.78, 5) is 30.6. The smallest absolute Gasteiger partial charge is 0.335 e. The summed E-state index contributed by atoms with van der Waals surface area (Å²) in [5.41, 5.74) is 5.68. The first-order valence-electron chi connectivity index (χ1n) is 10.1. The van der Waals surface area contributed by atoms with Gasteiger partial charge in [0.05, 0.1) is 12.2 Å². The number of hydrogen-bond acceptors (Lipinski definition) is 4. The van der Waals surface area contributed by atoms with Crippen molar-refractivity contribution in [3.05, 3.63) is 46.7 Å². The van der Waals surface area contributed by atoms with E-state index in [0.717, 1.165) is 9.47 Å². The number of alkyl halides is 3. The van der Waals surface area contributed by atoms with Crippen LogP contribution in [0.1, 0.15) is 23.5 Å². The van der Waals surface area contributed by atoms with Crippen molar-refractivity contribution in [2.24, 2.45) is 5.73 Å². The molecular weight excluding hydrogens is 506 g/mol. The van der Waals surface area contributed by atoms with Crippen LogP contribution in [0.5, 0.6) is 0 Å². The second-order valence-electron chi connectivity index (χ2n) is 8.05. The zero-order chi connectivity index (χ0) is 25.4. The zero-order valence-electron chi connectivity index (χ0n) is 18.6. The van der Waals surface area contributed by atoms with E-state index in [-0.39, 0.29) is 62.0 Å². The Balaban J connectivity index is 0.00000432. The predicted molar refractivity (Wildman–Crippen MR) is 115 cm³/mol. The number of nitrogens with zero attached hydrogens (tertiary/aromatic N) is 4. The summed E-state index contributed by atoms with van der Waals surface area (Å²) in [6, 6.07) is -0.620. The SMILES string of the molecule is CN(C)C(=O)Nc1nc(C(F)(F)F)n2c1CN(C(=O)C[C@H](N)Cc1cc(F)c(F)cc1F)CC2.Cl. The van der Waals surface area contributed by atoms with Crippen molar-refractivity contribution >= 4 is 30.2 Å². The van der Waals surface area contributed by atoms with E-state index in [2.05, 4.69) is 10.3 Å². The standard InChI is InChI=1S/C20H22F6N6O2.ClH/c1-30(2)19(34)29-17-15-9-31(3-4-32(15)18(28-17)20(24,25)26)16(33)7-11(27)5-10-6-13(22)14(23)8-12(10)21;/h6,8,11H,3-5,7,9,27H2,1-2H3,(H,29,34);1H/t11-;/m1./s1. The average molecular weight is 529 g/mol. The molecule has 0 fully saturated rings. The number of amides is 3. The molecule has 0 unspecified atom stereocenters. The Hall–Kier alpha value is -3.00. The molecule has 0 bridgehead atoms. The van der Waals surface area contributed by atoms with E-state index in [1.807, 2.05) is 0 Å². The monoisotopic (exact) mass is 528 g/mol. The second kappa shape index (κ2) is 10.7. The van der Waals surface area contributed by atoms with Gasteiger partial charge >= 0.3 is 12.2 Å². The lowest BCUT2D eigenvalue weighted by Crippen LogP contribution is -2.42. The van der Waals surface area contributed by atoms with Crippen molar-refractivity contribution in [1.82, 2.24) is 19.4 Å². The third-order valence-electron chi connectivity index (χ3n) is 5.25. The maximum Gasteiger partial charge on any atom is 0.449 e. The van der Waals surface area contributed by atoms with Crippen LogP contribution in [-0.4, -0.2) is 58.0 Å². The lowest BCUT2D eigenvalue weighted by Gasteiger charge is -2.30. The van der Waals surface area contributed by atoms with E-state index >= 15 is 0 Å². The first kappa shape index (κ1) is 28.2. The second-order valence-corrected chi connectivity index (χ2v) is 8.05. The van der Waals surface area contributed by atoms with Crippen molar-refractivity contribution in [1.29, 1.82) is 0 Å². The molecule has 3 rings (SSSR count). The van der Waals surface area contributed by atoms with E-state index in [9.17, 15) is 35.9 Å². The Labute approximate surface area is 202 Å². The van der Waals surface area contributed by atoms with E-state index in [0.29, 0.717) is 12.1 Å². The predicted octanol–water partition coefficient (Wildman–Crippen LogP) is 3.14. The fourth-order valence-corrected chi connectivity index (χ4v) is 3.54. The van der Waals surface area contributed by atoms with Crippen LogP contribution in [0.2, 0.25) is 0 Å². The molecule has 3 N–H and O–H groups in total. The minimum Gasteiger partial charge on any atom is -0.335 e. The number of anilines is 1. The summed E-state index contributed by atoms with van der Waals surface area (Å²) in [5, 5.41) is 2.30. The molecule has 0 spiro atoms. The van der Waals surface area contributed by atoms with E-state index in [4.69, 9.17) is 5.73 Å². The van der Waals surface area contributed by atoms with Crippen LogP contribution >= 0.6 is 12.4 Å². The normalized spacial score (nSPS) is 14.1. The maximum atomic E-state index is 13.9. The number of imidazole rings is 1. The topological polar surface area (TPSA) is 96.5 Å². The minimum absolute atomic E-state index is 0. The molecule has 1 aliphatic rings. The fourth-order valence-electron chi connectivity index (χ4n) is 3.54. The Morgan fingerprint density at radius 2 is 1.77 bits per heavy atom. The minimum atomic E-state index is -4.78. The highest BCUT2D eigenvalue weighted by Gasteiger charge is 2.41. The number of benzene rings is 1. The molecule has 0 saturated heterocycles. The number of carbonyl (C=O) groups excluding carboxylic acids is 2. The number of aromatic nitrogens is 2. The van der Waals surface area contributed by atoms with E-state index in [1.165, 1.54) is 19.0 Å². The molecule has 15 heteroatoms. The first-order valence-corrected chi connectivity index (χ1v) is 10.1. The Morgan fingerprint density at radius 1 is 1.14 bits per heavy atom. The molecule has 0 saturated carbocycles. The lowest BCUT2D eigenvalue weighted by atomic mass is 10.0. The third kappa shape index (κ3) is 6.36. The number of urea groups is 1. The van der Waals surface area contributed by atoms with Gasteiger partial charge in [0.25, 0.3) is 0 Å². The molecule has 2 aromatic rings. The van der Waals surface area contributed by atoms with Crippen LogP contribution < -0.4 is 11.1 Å². The summed E-state index contributed by atoms with van der Waals surface area (Å²) < 4.78 is 81.5. The van der Waals surface area contributed by atoms with Crippen LogP contribution in [0.15, 0.2) is 12.1 Å². The number of carbonyl (C=O) groups is 2. The van der Waals surface area contributed by atoms with Crippen molar-refractivity contribution in [2.45, 2.75) is 38.1 Å². The van der Waals surface area contributed by atoms with Gasteiger partial charge in [-0.25, -0.2) is 22.9 Å². The number of rotatable bonds is 5. The van der Waals surface area contributed by atoms with Gasteiger partial charge in [-0.05, 0) is 18.1 Å². The molecule has 1 aromatic heterocycles. The van der Waals surface area contributed by atoms with Crippen molar-refractivity contribution in [3.63, 3.8) is 0 Å². The van der Waals surface area contributed by atoms with Crippen LogP contribution in [0, 0.1) is 17.5 Å². The van der Waals surface area contributed by atoms with E-state index in [1.54, 1.807) is 0 Å². The van der Waals surface area contributed by atoms with Crippen LogP contribution in [-0.2, 0) is 30.5 Å². The fraction of sp³-hybridized carbons (Fsp3) is 0.450. The van der Waals surface area contributed by atoms with Gasteiger partial charge in [-0.1, -0.05) is 0 Å². The molecule has 1 atom stereocenters. The maximum absolute atomic E-state index is 13.9. The van der Waals surface area contributed by atoms with Crippen LogP contribution in [0.3, 0.4) is 0 Å². The number of halogens is 7. The highest BCUT2D eigenvalue weighted by molar-refractivity contribution is 5.88. The van der Waals surface area contributed by atoms with Gasteiger partial charge in [-0.2, -0.15) is 13.2 Å². The third-order valence-corrected chi connectivity index (χ3v) is 5.25. The zero-order valence-corrected chi connectivity index (χ0v) is 19.4. The molecular formula is C20H23ClF6N6O2. The summed E-state index contributed by atoms with van der Waals surface area (Å²) in [6.07, 6.45) is -5.36. The van der Waals surface area contributed by atoms with Crippen LogP contribution in [0.4, 0.5) is 37.0 Å². The molecule has 0 aliphatic carbocycles. The average Bonchev–Trinajstić information content (AvgIpc) is 3.10. The van der Waals surface area contributed by atoms with Gasteiger partial charge in [0.15, 0.2) is 17.5 Å². The molecule has 1 aromatic carbocycles. The van der Waals surface area contributed by atoms with Gasteiger partial charge in [0.1, 0.15) is 5.82 Å². The largest absolute Gasteiger partial charge is 0.449 e. The summed E-state index contributed by atoms with van der Waals surface area (Å²) in [6.45, 7) is -0.594. The Morgan fingerprint density at radius 3 is 2.37 bits per heavy atom. The molecule has 35 heavy (non-hydrogen) atoms. The van der Waals surface area contributed by atoms with Crippen LogP contribution in [0.25, 0.3) is 0 Å². The quantitative estimate of drug-likeness (QED) is 0.460. The Bertz CT molecular complexity index is 1110. The number of hydrogen-bond donors (Lipinski definition) is 2.